The van der Waals surface area contributed by atoms with Crippen molar-refractivity contribution in [3.05, 3.63) is 0 Å². The predicted octanol–water partition coefficient (Wildman–Crippen LogP) is 1.23. The van der Waals surface area contributed by atoms with E-state index in [0.717, 1.165) is 0 Å². The summed E-state index contributed by atoms with van der Waals surface area (Å²) < 4.78 is 0. The molecule has 0 aliphatic rings. The van der Waals surface area contributed by atoms with Gasteiger partial charge in [0.1, 0.15) is 0 Å². The molecule has 14 heavy (non-hydrogen) atoms. The van der Waals surface area contributed by atoms with Crippen molar-refractivity contribution >= 4 is 17.7 Å². The lowest BCUT2D eigenvalue weighted by molar-refractivity contribution is -0.124. The van der Waals surface area contributed by atoms with Gasteiger partial charge >= 0.3 is 0 Å². The van der Waals surface area contributed by atoms with E-state index < -0.39 is 6.04 Å². The number of nitrogens with one attached hydrogen (secondary N) is 1. The fraction of sp³-hybridized carbons (Fsp3) is 0.900. The molecule has 0 radical (unpaired) electrons. The van der Waals surface area contributed by atoms with E-state index in [2.05, 4.69) is 12.2 Å². The average molecular weight is 218 g/mol. The van der Waals surface area contributed by atoms with Gasteiger partial charge < -0.3 is 11.1 Å². The van der Waals surface area contributed by atoms with E-state index >= 15 is 0 Å². The van der Waals surface area contributed by atoms with Gasteiger partial charge in [-0.25, -0.2) is 0 Å². The largest absolute Gasteiger partial charge is 0.354 e. The minimum atomic E-state index is -0.434. The Bertz CT molecular complexity index is 189. The first-order chi connectivity index (χ1) is 6.29. The van der Waals surface area contributed by atoms with Crippen LogP contribution in [-0.2, 0) is 4.79 Å². The lowest BCUT2D eigenvalue weighted by Crippen LogP contribution is -2.49. The molecule has 0 spiro atoms. The number of thioether (sulfide) groups is 1. The Kier molecular flexibility index (Phi) is 5.52. The summed E-state index contributed by atoms with van der Waals surface area (Å²) in [6.07, 6.45) is 2.03. The molecule has 1 unspecified atom stereocenters. The first kappa shape index (κ1) is 13.8. The van der Waals surface area contributed by atoms with Gasteiger partial charge in [0.05, 0.1) is 6.04 Å². The molecule has 0 heterocycles. The molecule has 0 bridgehead atoms. The minimum absolute atomic E-state index is 0.0570. The first-order valence-corrected chi connectivity index (χ1v) is 6.14. The Morgan fingerprint density at radius 2 is 2.00 bits per heavy atom. The topological polar surface area (TPSA) is 55.1 Å². The highest BCUT2D eigenvalue weighted by Crippen LogP contribution is 2.17. The maximum atomic E-state index is 11.6. The first-order valence-electron chi connectivity index (χ1n) is 4.85. The van der Waals surface area contributed by atoms with E-state index in [1.807, 2.05) is 27.0 Å². The lowest BCUT2D eigenvalue weighted by Gasteiger charge is -2.26. The zero-order chi connectivity index (χ0) is 11.4. The van der Waals surface area contributed by atoms with Crippen LogP contribution in [0.25, 0.3) is 0 Å². The predicted molar refractivity (Wildman–Crippen MR) is 63.4 cm³/mol. The molecule has 4 heteroatoms. The standard InChI is InChI=1S/C10H22N2OS/c1-7(14-5)6-12-9(13)8(11)10(2,3)4/h7-8H,6,11H2,1-5H3,(H,12,13)/t7?,8-/m0/s1. The van der Waals surface area contributed by atoms with Crippen LogP contribution in [0.1, 0.15) is 27.7 Å². The van der Waals surface area contributed by atoms with E-state index in [4.69, 9.17) is 5.73 Å². The van der Waals surface area contributed by atoms with E-state index in [9.17, 15) is 4.79 Å². The van der Waals surface area contributed by atoms with Gasteiger partial charge in [0.2, 0.25) is 5.91 Å². The quantitative estimate of drug-likeness (QED) is 0.746. The van der Waals surface area contributed by atoms with Gasteiger partial charge in [-0.2, -0.15) is 11.8 Å². The molecule has 2 atom stereocenters. The molecule has 0 fully saturated rings. The molecule has 3 N–H and O–H groups in total. The van der Waals surface area contributed by atoms with Crippen molar-refractivity contribution in [1.82, 2.24) is 5.32 Å². The summed E-state index contributed by atoms with van der Waals surface area (Å²) in [5.41, 5.74) is 5.63. The molecule has 0 aromatic rings. The fourth-order valence-electron chi connectivity index (χ4n) is 0.831. The summed E-state index contributed by atoms with van der Waals surface area (Å²) in [7, 11) is 0. The number of carbonyl (C=O) groups excluding carboxylic acids is 1. The Morgan fingerprint density at radius 3 is 2.36 bits per heavy atom. The monoisotopic (exact) mass is 218 g/mol. The summed E-state index contributed by atoms with van der Waals surface area (Å²) in [5.74, 6) is -0.0570. The fourth-order valence-corrected chi connectivity index (χ4v) is 1.08. The van der Waals surface area contributed by atoms with Gasteiger partial charge in [0.25, 0.3) is 0 Å². The number of hydrogen-bond donors (Lipinski definition) is 2. The van der Waals surface area contributed by atoms with Crippen molar-refractivity contribution < 1.29 is 4.79 Å². The van der Waals surface area contributed by atoms with E-state index in [1.165, 1.54) is 0 Å². The maximum absolute atomic E-state index is 11.6. The van der Waals surface area contributed by atoms with Crippen LogP contribution in [0.15, 0.2) is 0 Å². The smallest absolute Gasteiger partial charge is 0.237 e. The zero-order valence-corrected chi connectivity index (χ0v) is 10.6. The molecule has 1 amide bonds. The number of amides is 1. The van der Waals surface area contributed by atoms with Crippen LogP contribution in [0.4, 0.5) is 0 Å². The molecule has 0 aliphatic carbocycles. The molecular formula is C10H22N2OS. The second-order valence-corrected chi connectivity index (χ2v) is 5.91. The number of nitrogens with two attached hydrogens (primary N) is 1. The third-order valence-electron chi connectivity index (χ3n) is 2.18. The molecule has 0 rings (SSSR count). The van der Waals surface area contributed by atoms with Gasteiger partial charge in [-0.05, 0) is 11.7 Å². The van der Waals surface area contributed by atoms with E-state index in [1.54, 1.807) is 11.8 Å². The number of rotatable bonds is 4. The molecule has 84 valence electrons. The lowest BCUT2D eigenvalue weighted by atomic mass is 9.87. The van der Waals surface area contributed by atoms with Crippen molar-refractivity contribution in [2.24, 2.45) is 11.1 Å². The third kappa shape index (κ3) is 4.86. The van der Waals surface area contributed by atoms with Crippen molar-refractivity contribution in [2.75, 3.05) is 12.8 Å². The van der Waals surface area contributed by atoms with E-state index in [0.29, 0.717) is 11.8 Å². The number of hydrogen-bond acceptors (Lipinski definition) is 3. The number of carbonyl (C=O) groups is 1. The molecule has 0 aromatic heterocycles. The highest BCUT2D eigenvalue weighted by molar-refractivity contribution is 7.99. The van der Waals surface area contributed by atoms with Crippen LogP contribution < -0.4 is 11.1 Å². The van der Waals surface area contributed by atoms with Crippen molar-refractivity contribution in [1.29, 1.82) is 0 Å². The molecule has 0 aliphatic heterocycles. The summed E-state index contributed by atoms with van der Waals surface area (Å²) in [6, 6.07) is -0.434. The molecule has 0 saturated heterocycles. The highest BCUT2D eigenvalue weighted by atomic mass is 32.2. The van der Waals surface area contributed by atoms with Gasteiger partial charge in [-0.15, -0.1) is 0 Å². The van der Waals surface area contributed by atoms with Crippen LogP contribution in [0, 0.1) is 5.41 Å². The van der Waals surface area contributed by atoms with Crippen molar-refractivity contribution in [3.63, 3.8) is 0 Å². The second-order valence-electron chi connectivity index (χ2n) is 4.64. The van der Waals surface area contributed by atoms with Crippen LogP contribution >= 0.6 is 11.8 Å². The molecule has 3 nitrogen and oxygen atoms in total. The van der Waals surface area contributed by atoms with Crippen molar-refractivity contribution in [3.8, 4) is 0 Å². The van der Waals surface area contributed by atoms with Crippen LogP contribution in [-0.4, -0.2) is 30.0 Å². The molecule has 0 saturated carbocycles. The molecular weight excluding hydrogens is 196 g/mol. The second kappa shape index (κ2) is 5.61. The Morgan fingerprint density at radius 1 is 1.50 bits per heavy atom. The van der Waals surface area contributed by atoms with Gasteiger partial charge in [0, 0.05) is 11.8 Å². The van der Waals surface area contributed by atoms with Crippen LogP contribution in [0.3, 0.4) is 0 Å². The summed E-state index contributed by atoms with van der Waals surface area (Å²) in [6.45, 7) is 8.66. The molecule has 0 aromatic carbocycles. The Balaban J connectivity index is 3.97. The highest BCUT2D eigenvalue weighted by Gasteiger charge is 2.27. The van der Waals surface area contributed by atoms with Crippen LogP contribution in [0.2, 0.25) is 0 Å². The Hall–Kier alpha value is -0.220. The normalized spacial score (nSPS) is 16.1. The van der Waals surface area contributed by atoms with Crippen molar-refractivity contribution in [2.45, 2.75) is 39.0 Å². The SMILES string of the molecule is CSC(C)CNC(=O)[C@H](N)C(C)(C)C. The maximum Gasteiger partial charge on any atom is 0.237 e. The summed E-state index contributed by atoms with van der Waals surface area (Å²) >= 11 is 1.73. The van der Waals surface area contributed by atoms with E-state index in [-0.39, 0.29) is 11.3 Å². The summed E-state index contributed by atoms with van der Waals surface area (Å²) in [5, 5.41) is 3.29. The summed E-state index contributed by atoms with van der Waals surface area (Å²) in [4.78, 5) is 11.6. The minimum Gasteiger partial charge on any atom is -0.354 e. The van der Waals surface area contributed by atoms with Gasteiger partial charge in [-0.3, -0.25) is 4.79 Å². The van der Waals surface area contributed by atoms with Gasteiger partial charge in [0.15, 0.2) is 0 Å². The third-order valence-corrected chi connectivity index (χ3v) is 3.15. The van der Waals surface area contributed by atoms with Gasteiger partial charge in [-0.1, -0.05) is 27.7 Å². The zero-order valence-electron chi connectivity index (χ0n) is 9.76. The Labute approximate surface area is 91.2 Å². The average Bonchev–Trinajstić information content (AvgIpc) is 2.10. The van der Waals surface area contributed by atoms with Crippen LogP contribution in [0.5, 0.6) is 0 Å².